The maximum absolute atomic E-state index is 5.18. The van der Waals surface area contributed by atoms with Crippen molar-refractivity contribution >= 4 is 0 Å². The Morgan fingerprint density at radius 2 is 0.433 bits per heavy atom. The predicted molar refractivity (Wildman–Crippen MR) is 280 cm³/mol. The molecular weight excluding hydrogens is 721 g/mol. The van der Waals surface area contributed by atoms with Gasteiger partial charge in [-0.05, 0) is 50.7 Å². The van der Waals surface area contributed by atoms with Crippen LogP contribution in [0.4, 0.5) is 0 Å². The summed E-state index contributed by atoms with van der Waals surface area (Å²) in [4.78, 5) is 0. The van der Waals surface area contributed by atoms with Gasteiger partial charge < -0.3 is 0 Å². The molecule has 0 N–H and O–H groups in total. The van der Waals surface area contributed by atoms with Crippen LogP contribution in [-0.2, 0) is 0 Å². The lowest BCUT2D eigenvalue weighted by Crippen LogP contribution is -1.84. The van der Waals surface area contributed by atoms with Crippen molar-refractivity contribution in [3.63, 3.8) is 0 Å². The molecule has 0 aromatic carbocycles. The van der Waals surface area contributed by atoms with E-state index in [0.717, 1.165) is 12.8 Å². The van der Waals surface area contributed by atoms with E-state index in [0.29, 0.717) is 0 Å². The van der Waals surface area contributed by atoms with Crippen molar-refractivity contribution in [3.8, 4) is 24.7 Å². The molecule has 0 fully saturated rings. The lowest BCUT2D eigenvalue weighted by atomic mass is 10.0. The van der Waals surface area contributed by atoms with Crippen LogP contribution in [0.15, 0.2) is 37.0 Å². The number of terminal acetylenes is 2. The van der Waals surface area contributed by atoms with Gasteiger partial charge in [-0.2, -0.15) is 0 Å². The van der Waals surface area contributed by atoms with Gasteiger partial charge in [0.25, 0.3) is 0 Å². The summed E-state index contributed by atoms with van der Waals surface area (Å²) in [6.07, 6.45) is 86.8. The normalized spacial score (nSPS) is 10.9. The molecule has 0 nitrogen and oxygen atoms in total. The van der Waals surface area contributed by atoms with Crippen molar-refractivity contribution < 1.29 is 0 Å². The van der Waals surface area contributed by atoms with Crippen molar-refractivity contribution in [2.75, 3.05) is 0 Å². The smallest absolute Gasteiger partial charge is 0.0162 e. The molecule has 0 aromatic rings. The van der Waals surface area contributed by atoms with E-state index in [-0.39, 0.29) is 0 Å². The minimum absolute atomic E-state index is 1.16. The fourth-order valence-electron chi connectivity index (χ4n) is 8.05. The van der Waals surface area contributed by atoms with E-state index in [2.05, 4.69) is 51.3 Å². The highest BCUT2D eigenvalue weighted by Gasteiger charge is 1.97. The summed E-state index contributed by atoms with van der Waals surface area (Å²) in [6.45, 7) is 10.6. The quantitative estimate of drug-likeness (QED) is 0.0326. The Morgan fingerprint density at radius 1 is 0.267 bits per heavy atom. The van der Waals surface area contributed by atoms with Gasteiger partial charge >= 0.3 is 0 Å². The van der Waals surface area contributed by atoms with Crippen LogP contribution in [0.5, 0.6) is 0 Å². The van der Waals surface area contributed by atoms with Crippen molar-refractivity contribution in [2.24, 2.45) is 0 Å². The Hall–Kier alpha value is -1.66. The number of hydrogen-bond donors (Lipinski definition) is 0. The number of rotatable bonds is 47. The first-order valence-electron chi connectivity index (χ1n) is 27.6. The average Bonchev–Trinajstić information content (AvgIpc) is 3.26. The molecule has 0 saturated heterocycles. The zero-order chi connectivity index (χ0) is 44.2. The van der Waals surface area contributed by atoms with Gasteiger partial charge in [0.05, 0.1) is 0 Å². The molecule has 0 heteroatoms. The summed E-state index contributed by atoms with van der Waals surface area (Å²) < 4.78 is 0. The standard InChI is InChI=1S/C25H46.C23H42.C12H24/c1-3-5-7-9-11-13-15-17-19-21-23-25-24-22-20-18-16-14-12-10-8-6-4-2;1-3-5-7-9-11-13-15-17-19-21-23-22-20-18-16-14-12-10-8-6-4-2;1-3-5-7-9-11-12-10-8-6-4-2/h1,5,7H,4,6,8-25H2,2H3;1,5,7H,4,6,8-23H2,2H3;3H,1,4-12H2,2H3. The third-order valence-corrected chi connectivity index (χ3v) is 12.1. The largest absolute Gasteiger partial charge is 0.115 e. The first-order chi connectivity index (χ1) is 29.7. The first-order valence-corrected chi connectivity index (χ1v) is 27.6. The molecule has 352 valence electrons. The summed E-state index contributed by atoms with van der Waals surface area (Å²) in [6, 6.07) is 0. The van der Waals surface area contributed by atoms with Crippen LogP contribution in [0.3, 0.4) is 0 Å². The van der Waals surface area contributed by atoms with Crippen LogP contribution in [0.2, 0.25) is 0 Å². The molecule has 0 unspecified atom stereocenters. The zero-order valence-electron chi connectivity index (χ0n) is 42.0. The fraction of sp³-hybridized carbons (Fsp3) is 0.833. The number of allylic oxidation sites excluding steroid dienone is 5. The molecule has 0 heterocycles. The lowest BCUT2D eigenvalue weighted by Gasteiger charge is -2.03. The molecule has 0 spiro atoms. The van der Waals surface area contributed by atoms with Gasteiger partial charge in [-0.25, -0.2) is 0 Å². The Balaban J connectivity index is -0.000000860. The highest BCUT2D eigenvalue weighted by molar-refractivity contribution is 5.08. The Labute approximate surface area is 382 Å². The molecule has 0 rings (SSSR count). The summed E-state index contributed by atoms with van der Waals surface area (Å²) in [5.41, 5.74) is 0. The number of unbranched alkanes of at least 4 members (excludes halogenated alkanes) is 44. The summed E-state index contributed by atoms with van der Waals surface area (Å²) in [5, 5.41) is 0. The summed E-state index contributed by atoms with van der Waals surface area (Å²) in [7, 11) is 0. The zero-order valence-corrected chi connectivity index (χ0v) is 42.0. The van der Waals surface area contributed by atoms with Crippen LogP contribution >= 0.6 is 0 Å². The van der Waals surface area contributed by atoms with E-state index in [9.17, 15) is 0 Å². The van der Waals surface area contributed by atoms with Crippen LogP contribution in [0.1, 0.15) is 323 Å². The van der Waals surface area contributed by atoms with Crippen molar-refractivity contribution in [1.82, 2.24) is 0 Å². The van der Waals surface area contributed by atoms with E-state index < -0.39 is 0 Å². The van der Waals surface area contributed by atoms with Crippen LogP contribution in [0, 0.1) is 24.7 Å². The Kier molecular flexibility index (Phi) is 69.4. The van der Waals surface area contributed by atoms with Crippen molar-refractivity contribution in [3.05, 3.63) is 37.0 Å². The van der Waals surface area contributed by atoms with Crippen LogP contribution < -0.4 is 0 Å². The van der Waals surface area contributed by atoms with E-state index in [1.165, 1.54) is 289 Å². The fourth-order valence-corrected chi connectivity index (χ4v) is 8.05. The van der Waals surface area contributed by atoms with Crippen LogP contribution in [0.25, 0.3) is 0 Å². The van der Waals surface area contributed by atoms with E-state index in [1.54, 1.807) is 0 Å². The molecule has 0 aliphatic rings. The first kappa shape index (κ1) is 62.6. The van der Waals surface area contributed by atoms with Gasteiger partial charge in [-0.15, -0.1) is 19.4 Å². The second-order valence-corrected chi connectivity index (χ2v) is 18.3. The van der Waals surface area contributed by atoms with E-state index in [4.69, 9.17) is 12.8 Å². The molecule has 0 bridgehead atoms. The molecular formula is C60H112. The molecule has 0 saturated carbocycles. The maximum atomic E-state index is 5.18. The second-order valence-electron chi connectivity index (χ2n) is 18.3. The molecule has 60 heavy (non-hydrogen) atoms. The highest BCUT2D eigenvalue weighted by atomic mass is 14.0. The van der Waals surface area contributed by atoms with Gasteiger partial charge in [0.2, 0.25) is 0 Å². The summed E-state index contributed by atoms with van der Waals surface area (Å²) >= 11 is 0. The van der Waals surface area contributed by atoms with Gasteiger partial charge in [0.15, 0.2) is 0 Å². The maximum Gasteiger partial charge on any atom is -0.0162 e. The van der Waals surface area contributed by atoms with Gasteiger partial charge in [-0.1, -0.05) is 314 Å². The van der Waals surface area contributed by atoms with Crippen LogP contribution in [-0.4, -0.2) is 0 Å². The molecule has 0 radical (unpaired) electrons. The molecule has 0 aliphatic heterocycles. The molecule has 0 aromatic heterocycles. The SMILES string of the molecule is C#CC=CCCCCCCCCCCCCCCCCCCC.C#CC=CCCCCCCCCCCCCCCCCCCCCC.C=CCCCCCCCCCC. The highest BCUT2D eigenvalue weighted by Crippen LogP contribution is 2.17. The molecule has 0 atom stereocenters. The average molecular weight is 834 g/mol. The third kappa shape index (κ3) is 70.9. The molecule has 0 aliphatic carbocycles. The van der Waals surface area contributed by atoms with Crippen molar-refractivity contribution in [1.29, 1.82) is 0 Å². The van der Waals surface area contributed by atoms with Gasteiger partial charge in [-0.3, -0.25) is 0 Å². The third-order valence-electron chi connectivity index (χ3n) is 12.1. The minimum Gasteiger partial charge on any atom is -0.115 e. The van der Waals surface area contributed by atoms with Gasteiger partial charge in [0, 0.05) is 0 Å². The van der Waals surface area contributed by atoms with E-state index >= 15 is 0 Å². The number of hydrogen-bond acceptors (Lipinski definition) is 0. The Bertz CT molecular complexity index is 859. The predicted octanol–water partition coefficient (Wildman–Crippen LogP) is 21.9. The van der Waals surface area contributed by atoms with E-state index in [1.807, 2.05) is 18.2 Å². The minimum atomic E-state index is 1.16. The summed E-state index contributed by atoms with van der Waals surface area (Å²) in [5.74, 6) is 5.09. The van der Waals surface area contributed by atoms with Crippen molar-refractivity contribution in [2.45, 2.75) is 323 Å². The Morgan fingerprint density at radius 3 is 0.600 bits per heavy atom. The molecule has 0 amide bonds. The lowest BCUT2D eigenvalue weighted by molar-refractivity contribution is 0.523. The topological polar surface area (TPSA) is 0 Å². The van der Waals surface area contributed by atoms with Gasteiger partial charge in [0.1, 0.15) is 0 Å². The second kappa shape index (κ2) is 66.4. The monoisotopic (exact) mass is 833 g/mol.